The Morgan fingerprint density at radius 3 is 2.28 bits per heavy atom. The zero-order valence-corrected chi connectivity index (χ0v) is 16.8. The highest BCUT2D eigenvalue weighted by Crippen LogP contribution is 2.18. The van der Waals surface area contributed by atoms with Gasteiger partial charge in [-0.25, -0.2) is 4.79 Å². The number of rotatable bonds is 4. The molecule has 9 nitrogen and oxygen atoms in total. The summed E-state index contributed by atoms with van der Waals surface area (Å²) >= 11 is 0. The Morgan fingerprint density at radius 1 is 1.07 bits per heavy atom. The zero-order valence-electron chi connectivity index (χ0n) is 16.8. The molecule has 3 rings (SSSR count). The average Bonchev–Trinajstić information content (AvgIpc) is 2.74. The van der Waals surface area contributed by atoms with Crippen LogP contribution in [0.3, 0.4) is 0 Å². The first kappa shape index (κ1) is 20.4. The lowest BCUT2D eigenvalue weighted by molar-refractivity contribution is 0.0561. The fourth-order valence-electron chi connectivity index (χ4n) is 3.07. The summed E-state index contributed by atoms with van der Waals surface area (Å²) in [7, 11) is 1.39. The van der Waals surface area contributed by atoms with Gasteiger partial charge in [0.1, 0.15) is 0 Å². The minimum absolute atomic E-state index is 0.0530. The Labute approximate surface area is 168 Å². The highest BCUT2D eigenvalue weighted by molar-refractivity contribution is 5.95. The molecular formula is C20H24N4O5. The van der Waals surface area contributed by atoms with Crippen LogP contribution in [0.5, 0.6) is 5.75 Å². The number of hydrogen-bond donors (Lipinski definition) is 0. The fraction of sp³-hybridized carbons (Fsp3) is 0.400. The van der Waals surface area contributed by atoms with E-state index in [0.29, 0.717) is 38.5 Å². The van der Waals surface area contributed by atoms with Gasteiger partial charge in [0.25, 0.3) is 11.5 Å². The molecule has 29 heavy (non-hydrogen) atoms. The van der Waals surface area contributed by atoms with E-state index in [9.17, 15) is 14.4 Å². The lowest BCUT2D eigenvalue weighted by Crippen LogP contribution is -2.51. The minimum Gasteiger partial charge on any atom is -0.494 e. The summed E-state index contributed by atoms with van der Waals surface area (Å²) in [4.78, 5) is 40.5. The molecule has 0 unspecified atom stereocenters. The molecule has 2 heterocycles. The van der Waals surface area contributed by atoms with Crippen LogP contribution in [-0.4, -0.2) is 71.5 Å². The molecule has 0 radical (unpaired) electrons. The molecule has 1 aromatic heterocycles. The van der Waals surface area contributed by atoms with E-state index in [1.807, 2.05) is 19.1 Å². The van der Waals surface area contributed by atoms with Gasteiger partial charge >= 0.3 is 6.09 Å². The van der Waals surface area contributed by atoms with Crippen molar-refractivity contribution in [3.63, 3.8) is 0 Å². The number of carbonyl (C=O) groups is 2. The molecule has 0 spiro atoms. The van der Waals surface area contributed by atoms with Gasteiger partial charge in [-0.1, -0.05) is 17.7 Å². The number of ether oxygens (including phenoxy) is 2. The summed E-state index contributed by atoms with van der Waals surface area (Å²) in [6, 6.07) is 8.52. The number of hydrogen-bond acceptors (Lipinski definition) is 6. The van der Waals surface area contributed by atoms with Gasteiger partial charge in [-0.2, -0.15) is 9.78 Å². The Bertz CT molecular complexity index is 946. The molecule has 2 aromatic rings. The number of aromatic nitrogens is 2. The monoisotopic (exact) mass is 400 g/mol. The molecule has 1 aromatic carbocycles. The number of nitrogens with zero attached hydrogens (tertiary/aromatic N) is 4. The van der Waals surface area contributed by atoms with Gasteiger partial charge in [0.2, 0.25) is 0 Å². The quantitative estimate of drug-likeness (QED) is 0.771. The summed E-state index contributed by atoms with van der Waals surface area (Å²) in [6.07, 6.45) is -0.386. The number of benzene rings is 1. The van der Waals surface area contributed by atoms with Crippen molar-refractivity contribution in [2.45, 2.75) is 13.8 Å². The van der Waals surface area contributed by atoms with E-state index in [0.717, 1.165) is 5.56 Å². The topological polar surface area (TPSA) is 94.0 Å². The van der Waals surface area contributed by atoms with Crippen molar-refractivity contribution < 1.29 is 19.1 Å². The maximum atomic E-state index is 13.1. The van der Waals surface area contributed by atoms with Gasteiger partial charge in [0.05, 0.1) is 25.5 Å². The Kier molecular flexibility index (Phi) is 6.16. The van der Waals surface area contributed by atoms with E-state index < -0.39 is 5.56 Å². The van der Waals surface area contributed by atoms with Crippen molar-refractivity contribution in [3.8, 4) is 11.4 Å². The summed E-state index contributed by atoms with van der Waals surface area (Å²) in [5.41, 5.74) is 1.27. The summed E-state index contributed by atoms with van der Waals surface area (Å²) in [5.74, 6) is -0.234. The van der Waals surface area contributed by atoms with Gasteiger partial charge in [-0.15, -0.1) is 0 Å². The van der Waals surface area contributed by atoms with Crippen molar-refractivity contribution in [1.29, 1.82) is 0 Å². The van der Waals surface area contributed by atoms with Crippen molar-refractivity contribution in [1.82, 2.24) is 19.6 Å². The molecule has 0 bridgehead atoms. The first-order valence-corrected chi connectivity index (χ1v) is 9.41. The van der Waals surface area contributed by atoms with Gasteiger partial charge < -0.3 is 19.3 Å². The van der Waals surface area contributed by atoms with Gasteiger partial charge in [-0.3, -0.25) is 9.59 Å². The predicted molar refractivity (Wildman–Crippen MR) is 106 cm³/mol. The highest BCUT2D eigenvalue weighted by atomic mass is 16.6. The van der Waals surface area contributed by atoms with Crippen molar-refractivity contribution in [3.05, 3.63) is 51.9 Å². The third kappa shape index (κ3) is 4.39. The maximum Gasteiger partial charge on any atom is 0.409 e. The van der Waals surface area contributed by atoms with E-state index in [4.69, 9.17) is 9.47 Å². The van der Waals surface area contributed by atoms with E-state index >= 15 is 0 Å². The van der Waals surface area contributed by atoms with Crippen LogP contribution in [0.4, 0.5) is 4.79 Å². The van der Waals surface area contributed by atoms with Gasteiger partial charge in [-0.05, 0) is 26.0 Å². The van der Waals surface area contributed by atoms with Crippen molar-refractivity contribution in [2.75, 3.05) is 39.9 Å². The number of aryl methyl sites for hydroxylation is 1. The number of amides is 2. The molecule has 154 valence electrons. The first-order chi connectivity index (χ1) is 13.9. The zero-order chi connectivity index (χ0) is 21.0. The Balaban J connectivity index is 1.85. The van der Waals surface area contributed by atoms with Crippen LogP contribution in [0.2, 0.25) is 0 Å². The van der Waals surface area contributed by atoms with E-state index in [-0.39, 0.29) is 23.4 Å². The fourth-order valence-corrected chi connectivity index (χ4v) is 3.07. The molecule has 1 saturated heterocycles. The Morgan fingerprint density at radius 2 is 1.69 bits per heavy atom. The third-order valence-electron chi connectivity index (χ3n) is 4.69. The normalized spacial score (nSPS) is 13.9. The second-order valence-corrected chi connectivity index (χ2v) is 6.63. The molecule has 0 aliphatic carbocycles. The average molecular weight is 400 g/mol. The minimum atomic E-state index is -0.394. The van der Waals surface area contributed by atoms with E-state index in [1.165, 1.54) is 17.9 Å². The summed E-state index contributed by atoms with van der Waals surface area (Å²) in [6.45, 7) is 5.41. The molecular weight excluding hydrogens is 376 g/mol. The van der Waals surface area contributed by atoms with Gasteiger partial charge in [0.15, 0.2) is 11.4 Å². The van der Waals surface area contributed by atoms with E-state index in [2.05, 4.69) is 5.10 Å². The number of methoxy groups -OCH3 is 1. The smallest absolute Gasteiger partial charge is 0.409 e. The maximum absolute atomic E-state index is 13.1. The number of carbonyl (C=O) groups excluding carboxylic acids is 2. The largest absolute Gasteiger partial charge is 0.494 e. The molecule has 0 N–H and O–H groups in total. The van der Waals surface area contributed by atoms with Crippen molar-refractivity contribution in [2.24, 2.45) is 0 Å². The van der Waals surface area contributed by atoms with Crippen LogP contribution in [0.1, 0.15) is 23.0 Å². The van der Waals surface area contributed by atoms with Crippen molar-refractivity contribution >= 4 is 12.0 Å². The third-order valence-corrected chi connectivity index (χ3v) is 4.69. The molecule has 0 atom stereocenters. The van der Waals surface area contributed by atoms with E-state index in [1.54, 1.807) is 28.9 Å². The van der Waals surface area contributed by atoms with Crippen LogP contribution in [0, 0.1) is 6.92 Å². The molecule has 9 heteroatoms. The Hall–Kier alpha value is -3.36. The molecule has 1 fully saturated rings. The lowest BCUT2D eigenvalue weighted by Gasteiger charge is -2.34. The van der Waals surface area contributed by atoms with Gasteiger partial charge in [0, 0.05) is 26.2 Å². The van der Waals surface area contributed by atoms with Crippen LogP contribution in [0.15, 0.2) is 35.1 Å². The number of piperazine rings is 1. The van der Waals surface area contributed by atoms with Crippen LogP contribution >= 0.6 is 0 Å². The predicted octanol–water partition coefficient (Wildman–Crippen LogP) is 1.46. The van der Waals surface area contributed by atoms with Crippen LogP contribution in [0.25, 0.3) is 5.69 Å². The molecule has 0 saturated carbocycles. The summed E-state index contributed by atoms with van der Waals surface area (Å²) < 4.78 is 11.4. The second-order valence-electron chi connectivity index (χ2n) is 6.63. The standard InChI is InChI=1S/C20H24N4O5/c1-4-29-20(27)23-11-9-22(10-12-23)19(26)18-16(28-3)13-17(25)24(21-18)15-7-5-14(2)6-8-15/h5-8,13H,4,9-12H2,1-3H3. The SMILES string of the molecule is CCOC(=O)N1CCN(C(=O)c2nn(-c3ccc(C)cc3)c(=O)cc2OC)CC1. The lowest BCUT2D eigenvalue weighted by atomic mass is 10.2. The highest BCUT2D eigenvalue weighted by Gasteiger charge is 2.28. The second kappa shape index (κ2) is 8.76. The van der Waals surface area contributed by atoms with Crippen LogP contribution in [-0.2, 0) is 4.74 Å². The summed E-state index contributed by atoms with van der Waals surface area (Å²) in [5, 5.41) is 4.28. The molecule has 1 aliphatic heterocycles. The molecule has 1 aliphatic rings. The molecule has 2 amide bonds. The first-order valence-electron chi connectivity index (χ1n) is 9.41. The van der Waals surface area contributed by atoms with Crippen LogP contribution < -0.4 is 10.3 Å².